The maximum Gasteiger partial charge on any atom is 0.351 e. The lowest BCUT2D eigenvalue weighted by molar-refractivity contribution is 0.0596. The monoisotopic (exact) mass is 353 g/mol. The molecule has 9 heteroatoms. The lowest BCUT2D eigenvalue weighted by atomic mass is 10.1. The molecular formula is C15H19N3O5S. The molecule has 24 heavy (non-hydrogen) atoms. The molecule has 8 nitrogen and oxygen atoms in total. The van der Waals surface area contributed by atoms with Crippen LogP contribution >= 0.6 is 0 Å². The van der Waals surface area contributed by atoms with Crippen molar-refractivity contribution in [3.63, 3.8) is 0 Å². The number of ether oxygens (including phenoxy) is 1. The summed E-state index contributed by atoms with van der Waals surface area (Å²) in [5.41, 5.74) is -0.143. The topological polar surface area (TPSA) is 105 Å². The van der Waals surface area contributed by atoms with Crippen molar-refractivity contribution < 1.29 is 22.7 Å². The van der Waals surface area contributed by atoms with E-state index in [0.29, 0.717) is 12.8 Å². The van der Waals surface area contributed by atoms with Crippen molar-refractivity contribution in [3.05, 3.63) is 29.8 Å². The number of carbonyl (C=O) groups is 2. The number of urea groups is 1. The third kappa shape index (κ3) is 3.73. The van der Waals surface area contributed by atoms with Crippen molar-refractivity contribution in [2.24, 2.45) is 5.10 Å². The van der Waals surface area contributed by atoms with Crippen LogP contribution in [0.25, 0.3) is 0 Å². The van der Waals surface area contributed by atoms with Crippen LogP contribution in [0, 0.1) is 0 Å². The predicted octanol–water partition coefficient (Wildman–Crippen LogP) is 1.73. The van der Waals surface area contributed by atoms with Crippen LogP contribution in [0.5, 0.6) is 0 Å². The SMILES string of the molecule is CCCC1CC=NN1C(=O)NS(=O)(=O)c1ccccc1C(=O)OC. The van der Waals surface area contributed by atoms with Gasteiger partial charge < -0.3 is 4.74 Å². The minimum absolute atomic E-state index is 0.143. The molecule has 1 atom stereocenters. The van der Waals surface area contributed by atoms with Gasteiger partial charge in [-0.1, -0.05) is 25.5 Å². The van der Waals surface area contributed by atoms with Gasteiger partial charge in [-0.3, -0.25) is 0 Å². The van der Waals surface area contributed by atoms with Gasteiger partial charge in [0.1, 0.15) is 4.90 Å². The number of nitrogens with one attached hydrogen (secondary N) is 1. The van der Waals surface area contributed by atoms with E-state index in [2.05, 4.69) is 9.84 Å². The second-order valence-corrected chi connectivity index (χ2v) is 6.87. The summed E-state index contributed by atoms with van der Waals surface area (Å²) >= 11 is 0. The van der Waals surface area contributed by atoms with Crippen molar-refractivity contribution in [1.82, 2.24) is 9.73 Å². The van der Waals surface area contributed by atoms with E-state index < -0.39 is 22.0 Å². The van der Waals surface area contributed by atoms with Crippen molar-refractivity contribution in [2.75, 3.05) is 7.11 Å². The van der Waals surface area contributed by atoms with Gasteiger partial charge in [0.15, 0.2) is 0 Å². The van der Waals surface area contributed by atoms with E-state index in [1.807, 2.05) is 11.6 Å². The molecule has 0 radical (unpaired) electrons. The van der Waals surface area contributed by atoms with Crippen LogP contribution in [0.15, 0.2) is 34.3 Å². The first-order valence-electron chi connectivity index (χ1n) is 7.46. The van der Waals surface area contributed by atoms with Gasteiger partial charge in [0.2, 0.25) is 0 Å². The number of nitrogens with zero attached hydrogens (tertiary/aromatic N) is 2. The third-order valence-corrected chi connectivity index (χ3v) is 4.94. The zero-order chi connectivity index (χ0) is 17.7. The molecule has 1 unspecified atom stereocenters. The standard InChI is InChI=1S/C15H19N3O5S/c1-3-6-11-9-10-16-18(11)15(20)17-24(21,22)13-8-5-4-7-12(13)14(19)23-2/h4-5,7-8,10-11H,3,6,9H2,1-2H3,(H,17,20). The molecule has 0 bridgehead atoms. The van der Waals surface area contributed by atoms with Gasteiger partial charge in [-0.25, -0.2) is 27.7 Å². The Labute approximate surface area is 140 Å². The number of hydrazone groups is 1. The largest absolute Gasteiger partial charge is 0.465 e. The van der Waals surface area contributed by atoms with Crippen LogP contribution < -0.4 is 4.72 Å². The summed E-state index contributed by atoms with van der Waals surface area (Å²) < 4.78 is 31.5. The average molecular weight is 353 g/mol. The van der Waals surface area contributed by atoms with Gasteiger partial charge >= 0.3 is 12.0 Å². The summed E-state index contributed by atoms with van der Waals surface area (Å²) in [5, 5.41) is 5.05. The Hall–Kier alpha value is -2.42. The summed E-state index contributed by atoms with van der Waals surface area (Å²) in [6.07, 6.45) is 3.72. The van der Waals surface area contributed by atoms with E-state index >= 15 is 0 Å². The van der Waals surface area contributed by atoms with Gasteiger partial charge in [-0.15, -0.1) is 0 Å². The van der Waals surface area contributed by atoms with Crippen molar-refractivity contribution >= 4 is 28.2 Å². The molecule has 0 fully saturated rings. The maximum absolute atomic E-state index is 12.5. The second kappa shape index (κ2) is 7.43. The molecule has 0 saturated heterocycles. The van der Waals surface area contributed by atoms with Crippen molar-refractivity contribution in [1.29, 1.82) is 0 Å². The van der Waals surface area contributed by atoms with E-state index in [4.69, 9.17) is 0 Å². The first-order valence-corrected chi connectivity index (χ1v) is 8.94. The highest BCUT2D eigenvalue weighted by Crippen LogP contribution is 2.19. The Balaban J connectivity index is 2.25. The van der Waals surface area contributed by atoms with Crippen LogP contribution in [0.1, 0.15) is 36.5 Å². The minimum atomic E-state index is -4.24. The highest BCUT2D eigenvalue weighted by atomic mass is 32.2. The molecule has 1 aliphatic rings. The Morgan fingerprint density at radius 3 is 2.75 bits per heavy atom. The van der Waals surface area contributed by atoms with Crippen LogP contribution in [0.2, 0.25) is 0 Å². The molecule has 0 spiro atoms. The number of benzene rings is 1. The molecule has 0 aliphatic carbocycles. The van der Waals surface area contributed by atoms with Crippen LogP contribution in [0.4, 0.5) is 4.79 Å². The Kier molecular flexibility index (Phi) is 5.55. The molecule has 130 valence electrons. The molecule has 0 saturated carbocycles. The third-order valence-electron chi connectivity index (χ3n) is 3.56. The number of carbonyl (C=O) groups excluding carboxylic acids is 2. The number of sulfonamides is 1. The van der Waals surface area contributed by atoms with Gasteiger partial charge in [-0.05, 0) is 18.6 Å². The number of amides is 2. The molecule has 1 aromatic carbocycles. The fourth-order valence-corrected chi connectivity index (χ4v) is 3.57. The lowest BCUT2D eigenvalue weighted by Crippen LogP contribution is -2.43. The van der Waals surface area contributed by atoms with Crippen molar-refractivity contribution in [2.45, 2.75) is 37.1 Å². The quantitative estimate of drug-likeness (QED) is 0.812. The fraction of sp³-hybridized carbons (Fsp3) is 0.400. The highest BCUT2D eigenvalue weighted by Gasteiger charge is 2.31. The zero-order valence-electron chi connectivity index (χ0n) is 13.4. The molecule has 2 amide bonds. The summed E-state index contributed by atoms with van der Waals surface area (Å²) in [6, 6.07) is 4.51. The number of hydrogen-bond acceptors (Lipinski definition) is 6. The molecule has 0 aromatic heterocycles. The first-order chi connectivity index (χ1) is 11.4. The smallest absolute Gasteiger partial charge is 0.351 e. The van der Waals surface area contributed by atoms with Gasteiger partial charge in [0.05, 0.1) is 18.7 Å². The lowest BCUT2D eigenvalue weighted by Gasteiger charge is -2.21. The summed E-state index contributed by atoms with van der Waals surface area (Å²) in [7, 11) is -3.09. The highest BCUT2D eigenvalue weighted by molar-refractivity contribution is 7.90. The number of rotatable bonds is 5. The number of esters is 1. The summed E-state index contributed by atoms with van der Waals surface area (Å²) in [4.78, 5) is 23.7. The van der Waals surface area contributed by atoms with Crippen LogP contribution in [-0.2, 0) is 14.8 Å². The van der Waals surface area contributed by atoms with Crippen LogP contribution in [0.3, 0.4) is 0 Å². The Morgan fingerprint density at radius 1 is 1.38 bits per heavy atom. The zero-order valence-corrected chi connectivity index (χ0v) is 14.2. The van der Waals surface area contributed by atoms with Gasteiger partial charge in [-0.2, -0.15) is 5.10 Å². The fourth-order valence-electron chi connectivity index (χ4n) is 2.44. The Morgan fingerprint density at radius 2 is 2.08 bits per heavy atom. The maximum atomic E-state index is 12.5. The van der Waals surface area contributed by atoms with E-state index in [0.717, 1.165) is 18.5 Å². The molecule has 1 heterocycles. The number of methoxy groups -OCH3 is 1. The predicted molar refractivity (Wildman–Crippen MR) is 87.1 cm³/mol. The Bertz CT molecular complexity index is 760. The van der Waals surface area contributed by atoms with E-state index in [1.165, 1.54) is 24.3 Å². The first kappa shape index (κ1) is 17.9. The van der Waals surface area contributed by atoms with E-state index in [9.17, 15) is 18.0 Å². The molecule has 1 N–H and O–H groups in total. The molecule has 1 aromatic rings. The van der Waals surface area contributed by atoms with Crippen LogP contribution in [-0.4, -0.2) is 44.8 Å². The molecular weight excluding hydrogens is 334 g/mol. The van der Waals surface area contributed by atoms with Crippen molar-refractivity contribution in [3.8, 4) is 0 Å². The van der Waals surface area contributed by atoms with Gasteiger partial charge in [0, 0.05) is 12.6 Å². The molecule has 2 rings (SSSR count). The molecule has 1 aliphatic heterocycles. The van der Waals surface area contributed by atoms with Gasteiger partial charge in [0.25, 0.3) is 10.0 Å². The summed E-state index contributed by atoms with van der Waals surface area (Å²) in [6.45, 7) is 1.97. The number of hydrogen-bond donors (Lipinski definition) is 1. The van der Waals surface area contributed by atoms with E-state index in [-0.39, 0.29) is 16.5 Å². The normalized spacial score (nSPS) is 16.9. The second-order valence-electron chi connectivity index (χ2n) is 5.22. The van der Waals surface area contributed by atoms with E-state index in [1.54, 1.807) is 6.21 Å². The summed E-state index contributed by atoms with van der Waals surface area (Å²) in [5.74, 6) is -0.800. The minimum Gasteiger partial charge on any atom is -0.465 e. The average Bonchev–Trinajstić information content (AvgIpc) is 3.02.